The molecule has 0 bridgehead atoms. The quantitative estimate of drug-likeness (QED) is 0.0275. The number of hydrogen-bond donors (Lipinski definition) is 21. The van der Waals surface area contributed by atoms with E-state index in [1.165, 1.54) is 20.8 Å². The van der Waals surface area contributed by atoms with E-state index in [1.54, 1.807) is 44.2 Å². The van der Waals surface area contributed by atoms with Crippen molar-refractivity contribution < 1.29 is 77.3 Å². The molecule has 1 heterocycles. The van der Waals surface area contributed by atoms with Crippen molar-refractivity contribution in [2.45, 2.75) is 268 Å². The average molecular weight is 1500 g/mol. The Hall–Kier alpha value is -8.48. The number of carbonyl (C=O) groups is 14. The highest BCUT2D eigenvalue weighted by Gasteiger charge is 2.38. The van der Waals surface area contributed by atoms with E-state index < -0.39 is 163 Å². The van der Waals surface area contributed by atoms with Gasteiger partial charge in [0, 0.05) is 45.8 Å². The molecule has 35 heteroatoms. The molecule has 0 spiro atoms. The normalized spacial score (nSPS) is 20.5. The maximum atomic E-state index is 14.7. The molecule has 1 aromatic carbocycles. The molecule has 1 aliphatic heterocycles. The molecule has 0 saturated carbocycles. The van der Waals surface area contributed by atoms with E-state index in [1.807, 2.05) is 0 Å². The summed E-state index contributed by atoms with van der Waals surface area (Å²) in [4.78, 5) is 194. The van der Waals surface area contributed by atoms with Crippen LogP contribution in [0.3, 0.4) is 0 Å². The van der Waals surface area contributed by atoms with Gasteiger partial charge < -0.3 is 113 Å². The van der Waals surface area contributed by atoms with Crippen molar-refractivity contribution in [2.75, 3.05) is 52.4 Å². The molecule has 1 saturated heterocycles. The summed E-state index contributed by atoms with van der Waals surface area (Å²) >= 11 is 0. The first-order valence-corrected chi connectivity index (χ1v) is 37.6. The Kier molecular flexibility index (Phi) is 47.1. The summed E-state index contributed by atoms with van der Waals surface area (Å²) in [5.74, 6) is -11.3. The minimum atomic E-state index is -1.82. The number of benzene rings is 1. The van der Waals surface area contributed by atoms with E-state index in [0.717, 1.165) is 44.9 Å². The molecular weight excluding hydrogens is 1370 g/mol. The van der Waals surface area contributed by atoms with Crippen LogP contribution in [-0.2, 0) is 73.5 Å². The fourth-order valence-corrected chi connectivity index (χ4v) is 11.6. The molecule has 0 aliphatic carbocycles. The number of rotatable bonds is 44. The molecule has 1 fully saturated rings. The molecular formula is C71H125N19O16. The first-order chi connectivity index (χ1) is 50.5. The van der Waals surface area contributed by atoms with Crippen molar-refractivity contribution >= 4 is 82.7 Å². The molecule has 0 aromatic heterocycles. The van der Waals surface area contributed by atoms with Gasteiger partial charge in [-0.15, -0.1) is 0 Å². The third-order valence-electron chi connectivity index (χ3n) is 17.5. The third-order valence-corrected chi connectivity index (χ3v) is 17.5. The third kappa shape index (κ3) is 37.7. The number of amides is 14. The molecule has 2 rings (SSSR count). The second-order valence-corrected chi connectivity index (χ2v) is 27.4. The van der Waals surface area contributed by atoms with Crippen LogP contribution in [0.1, 0.15) is 188 Å². The van der Waals surface area contributed by atoms with E-state index >= 15 is 0 Å². The largest absolute Gasteiger partial charge is 0.391 e. The first kappa shape index (κ1) is 93.6. The van der Waals surface area contributed by atoms with Crippen LogP contribution in [-0.4, -0.2) is 224 Å². The number of nitrogens with two attached hydrogens (primary N) is 5. The van der Waals surface area contributed by atoms with Crippen LogP contribution in [0, 0.1) is 5.92 Å². The Bertz CT molecular complexity index is 2910. The highest BCUT2D eigenvalue weighted by Crippen LogP contribution is 2.14. The van der Waals surface area contributed by atoms with E-state index in [2.05, 4.69) is 81.4 Å². The van der Waals surface area contributed by atoms with E-state index in [0.29, 0.717) is 57.2 Å². The molecule has 26 N–H and O–H groups in total. The van der Waals surface area contributed by atoms with Crippen LogP contribution in [0.15, 0.2) is 30.3 Å². The molecule has 600 valence electrons. The predicted octanol–water partition coefficient (Wildman–Crippen LogP) is -4.24. The number of aliphatic hydroxyl groups excluding tert-OH is 2. The summed E-state index contributed by atoms with van der Waals surface area (Å²) in [5.41, 5.74) is 30.3. The fraction of sp³-hybridized carbons (Fsp3) is 0.718. The van der Waals surface area contributed by atoms with Gasteiger partial charge in [0.15, 0.2) is 0 Å². The van der Waals surface area contributed by atoms with Gasteiger partial charge in [-0.3, -0.25) is 67.1 Å². The molecule has 14 amide bonds. The van der Waals surface area contributed by atoms with Gasteiger partial charge in [0.25, 0.3) is 0 Å². The number of carbonyl (C=O) groups excluding carboxylic acids is 14. The fourth-order valence-electron chi connectivity index (χ4n) is 11.6. The van der Waals surface area contributed by atoms with Gasteiger partial charge in [-0.1, -0.05) is 102 Å². The van der Waals surface area contributed by atoms with Crippen molar-refractivity contribution in [3.05, 3.63) is 35.9 Å². The molecule has 1 aromatic rings. The van der Waals surface area contributed by atoms with Gasteiger partial charge in [0.05, 0.1) is 12.2 Å². The maximum absolute atomic E-state index is 14.7. The van der Waals surface area contributed by atoms with Gasteiger partial charge in [0.2, 0.25) is 82.7 Å². The van der Waals surface area contributed by atoms with Crippen LogP contribution >= 0.6 is 0 Å². The molecule has 106 heavy (non-hydrogen) atoms. The summed E-state index contributed by atoms with van der Waals surface area (Å²) in [6, 6.07) is -8.03. The van der Waals surface area contributed by atoms with E-state index in [4.69, 9.17) is 28.7 Å². The summed E-state index contributed by atoms with van der Waals surface area (Å²) in [5, 5.41) is 58.5. The number of nitrogens with one attached hydrogen (secondary N) is 14. The van der Waals surface area contributed by atoms with Crippen LogP contribution < -0.4 is 103 Å². The van der Waals surface area contributed by atoms with Crippen LogP contribution in [0.5, 0.6) is 0 Å². The Morgan fingerprint density at radius 2 is 0.943 bits per heavy atom. The minimum Gasteiger partial charge on any atom is -0.391 e. The summed E-state index contributed by atoms with van der Waals surface area (Å²) in [7, 11) is 0. The summed E-state index contributed by atoms with van der Waals surface area (Å²) in [6.07, 6.45) is 4.79. The lowest BCUT2D eigenvalue weighted by Crippen LogP contribution is -2.62. The number of unbranched alkanes of at least 4 members (excludes halogenated alkanes) is 9. The van der Waals surface area contributed by atoms with Crippen molar-refractivity contribution in [1.29, 1.82) is 0 Å². The minimum absolute atomic E-state index is 0.0251. The van der Waals surface area contributed by atoms with Crippen molar-refractivity contribution in [3.8, 4) is 0 Å². The van der Waals surface area contributed by atoms with Crippen molar-refractivity contribution in [1.82, 2.24) is 74.4 Å². The Balaban J connectivity index is 2.54. The topological polar surface area (TPSA) is 578 Å². The predicted molar refractivity (Wildman–Crippen MR) is 397 cm³/mol. The molecule has 0 radical (unpaired) electrons. The van der Waals surface area contributed by atoms with Crippen molar-refractivity contribution in [3.63, 3.8) is 0 Å². The zero-order chi connectivity index (χ0) is 79.1. The van der Waals surface area contributed by atoms with Crippen LogP contribution in [0.4, 0.5) is 0 Å². The molecule has 35 nitrogen and oxygen atoms in total. The van der Waals surface area contributed by atoms with Gasteiger partial charge in [-0.2, -0.15) is 0 Å². The lowest BCUT2D eigenvalue weighted by atomic mass is 10.00. The Labute approximate surface area is 622 Å². The standard InChI is InChI=1S/C71H125N19O16/c1-7-8-9-10-11-17-24-48(80-58(95)26-19-14-21-39-78-57(94)25-18-13-20-38-77-46(6)93)61(96)82-53(31-37-76)67(102)90-60(45(5)92)71(106)86-51(29-35-74)63(98)85-54-32-40-79-70(105)59(44(4)91)89-66(101)52(30-36-75)83-62(97)49(27-33-72)84-68(103)55(41-43(2)3)87-69(104)56(42-47-22-15-12-16-23-47)88-64(99)50(28-34-73)81-65(54)100/h12,15-16,22-23,43-45,48-56,59-60,91-92H,7-11,13-14,17-21,24-42,72-76H2,1-6H3,(H,77,93)(H,78,94)(H,79,105)(H,80,95)(H,81,100)(H,82,96)(H,83,97)(H,84,103)(H,85,98)(H,86,106)(H,87,104)(H,88,99)(H,89,101)(H,90,102)/t44-,45-,48+,49+,50+,51+,52+,53+,54+,55+,56-,59+,60+/m1/s1. The zero-order valence-corrected chi connectivity index (χ0v) is 62.9. The highest BCUT2D eigenvalue weighted by atomic mass is 16.3. The lowest BCUT2D eigenvalue weighted by molar-refractivity contribution is -0.137. The second kappa shape index (κ2) is 53.3. The van der Waals surface area contributed by atoms with Gasteiger partial charge in [0.1, 0.15) is 66.5 Å². The highest BCUT2D eigenvalue weighted by molar-refractivity contribution is 6.00. The maximum Gasteiger partial charge on any atom is 0.245 e. The monoisotopic (exact) mass is 1500 g/mol. The summed E-state index contributed by atoms with van der Waals surface area (Å²) < 4.78 is 0. The van der Waals surface area contributed by atoms with Gasteiger partial charge in [-0.25, -0.2) is 0 Å². The Morgan fingerprint density at radius 1 is 0.481 bits per heavy atom. The Morgan fingerprint density at radius 3 is 1.48 bits per heavy atom. The smallest absolute Gasteiger partial charge is 0.245 e. The van der Waals surface area contributed by atoms with Crippen LogP contribution in [0.25, 0.3) is 0 Å². The summed E-state index contributed by atoms with van der Waals surface area (Å²) in [6.45, 7) is 8.97. The SMILES string of the molecule is CCCCCCCC[C@H](NC(=O)CCCCCNC(=O)CCCCCNC(C)=O)C(=O)N[C@@H](CCN)C(=O)N[C@H](C(=O)N[C@@H](CCN)C(=O)N[C@H]1CCNC(=O)[C@H]([C@@H](C)O)NC(=O)[C@H](CCN)NC(=O)[C@H](CCN)NC(=O)[C@H](CC(C)C)NC(=O)[C@@H](Cc2ccccc2)NC(=O)[C@H](CCN)NC1=O)[C@@H](C)O. The lowest BCUT2D eigenvalue weighted by Gasteiger charge is -2.29. The first-order valence-electron chi connectivity index (χ1n) is 37.6. The average Bonchev–Trinajstić information content (AvgIpc) is 0.888. The molecule has 13 atom stereocenters. The second-order valence-electron chi connectivity index (χ2n) is 27.4. The van der Waals surface area contributed by atoms with Gasteiger partial charge in [-0.05, 0) is 135 Å². The van der Waals surface area contributed by atoms with Gasteiger partial charge >= 0.3 is 0 Å². The molecule has 0 unspecified atom stereocenters. The number of hydrogen-bond acceptors (Lipinski definition) is 21. The molecule has 1 aliphatic rings. The van der Waals surface area contributed by atoms with E-state index in [9.17, 15) is 77.3 Å². The van der Waals surface area contributed by atoms with Crippen molar-refractivity contribution in [2.24, 2.45) is 34.6 Å². The number of aliphatic hydroxyl groups is 2. The van der Waals surface area contributed by atoms with E-state index in [-0.39, 0.29) is 108 Å². The zero-order valence-electron chi connectivity index (χ0n) is 62.9. The van der Waals surface area contributed by atoms with Crippen LogP contribution in [0.2, 0.25) is 0 Å².